The van der Waals surface area contributed by atoms with Gasteiger partial charge in [-0.2, -0.15) is 0 Å². The number of aromatic nitrogens is 2. The molecule has 5 rings (SSSR count). The van der Waals surface area contributed by atoms with E-state index in [1.807, 2.05) is 0 Å². The molecule has 0 spiro atoms. The summed E-state index contributed by atoms with van der Waals surface area (Å²) in [5, 5.41) is 15.3. The van der Waals surface area contributed by atoms with Crippen molar-refractivity contribution in [3.05, 3.63) is 52.9 Å². The normalized spacial score (nSPS) is 26.0. The fourth-order valence-electron chi connectivity index (χ4n) is 6.25. The molecular weight excluding hydrogens is 409 g/mol. The molecule has 1 unspecified atom stereocenters. The summed E-state index contributed by atoms with van der Waals surface area (Å²) in [5.41, 5.74) is 3.31. The first-order valence-electron chi connectivity index (χ1n) is 11.8. The Kier molecular flexibility index (Phi) is 5.90. The topological polar surface area (TPSA) is 82.4 Å². The van der Waals surface area contributed by atoms with Gasteiger partial charge >= 0.3 is 6.09 Å². The van der Waals surface area contributed by atoms with Gasteiger partial charge in [-0.1, -0.05) is 12.1 Å². The Morgan fingerprint density at radius 1 is 1.31 bits per heavy atom. The molecule has 8 heteroatoms. The van der Waals surface area contributed by atoms with Crippen LogP contribution in [-0.4, -0.2) is 50.8 Å². The number of imidazole rings is 1. The second kappa shape index (κ2) is 8.83. The van der Waals surface area contributed by atoms with E-state index in [1.54, 1.807) is 12.1 Å². The van der Waals surface area contributed by atoms with Crippen molar-refractivity contribution in [3.8, 4) is 0 Å². The Labute approximate surface area is 188 Å². The number of rotatable bonds is 6. The second-order valence-corrected chi connectivity index (χ2v) is 9.44. The molecule has 1 amide bonds. The summed E-state index contributed by atoms with van der Waals surface area (Å²) in [6.45, 7) is 4.83. The van der Waals surface area contributed by atoms with Crippen LogP contribution in [0.1, 0.15) is 67.0 Å². The first-order valence-corrected chi connectivity index (χ1v) is 11.8. The molecule has 2 saturated heterocycles. The molecule has 172 valence electrons. The fraction of sp³-hybridized carbons (Fsp3) is 0.583. The predicted molar refractivity (Wildman–Crippen MR) is 119 cm³/mol. The van der Waals surface area contributed by atoms with Gasteiger partial charge in [-0.25, -0.2) is 14.2 Å². The molecule has 0 radical (unpaired) electrons. The summed E-state index contributed by atoms with van der Waals surface area (Å²) in [4.78, 5) is 18.8. The molecule has 3 aliphatic heterocycles. The molecule has 7 nitrogen and oxygen atoms in total. The number of nitrogens with zero attached hydrogens (tertiary/aromatic N) is 3. The second-order valence-electron chi connectivity index (χ2n) is 9.44. The first-order chi connectivity index (χ1) is 15.5. The standard InChI is InChI=1S/C24H32FN5O2/c1-15-27-22-14-26-9-7-23(22)30(15)20-12-18-5-6-19(13-20)29(18)10-8-21(28-24(31)32)16-3-2-4-17(25)11-16/h2-4,11,18-21,26,28H,5-10,12-14H2,1H3,(H,31,32)/t18-,19+,20?,21-/m0/s1. The van der Waals surface area contributed by atoms with Crippen molar-refractivity contribution in [3.63, 3.8) is 0 Å². The van der Waals surface area contributed by atoms with Gasteiger partial charge in [0.1, 0.15) is 11.6 Å². The molecule has 2 bridgehead atoms. The average molecular weight is 442 g/mol. The van der Waals surface area contributed by atoms with Gasteiger partial charge in [0.05, 0.1) is 11.7 Å². The van der Waals surface area contributed by atoms with Gasteiger partial charge in [-0.05, 0) is 56.7 Å². The van der Waals surface area contributed by atoms with Crippen molar-refractivity contribution < 1.29 is 14.3 Å². The number of aryl methyl sites for hydroxylation is 1. The van der Waals surface area contributed by atoms with Gasteiger partial charge in [0, 0.05) is 49.9 Å². The number of carboxylic acid groups (broad SMARTS) is 1. The Morgan fingerprint density at radius 3 is 2.81 bits per heavy atom. The molecule has 3 aliphatic rings. The van der Waals surface area contributed by atoms with E-state index in [0.717, 1.165) is 44.7 Å². The third-order valence-electron chi connectivity index (χ3n) is 7.55. The lowest BCUT2D eigenvalue weighted by molar-refractivity contribution is 0.0997. The molecule has 4 heterocycles. The minimum atomic E-state index is -1.07. The van der Waals surface area contributed by atoms with E-state index in [9.17, 15) is 14.3 Å². The molecule has 2 fully saturated rings. The van der Waals surface area contributed by atoms with Gasteiger partial charge in [-0.15, -0.1) is 0 Å². The lowest BCUT2D eigenvalue weighted by Gasteiger charge is -2.41. The average Bonchev–Trinajstić information content (AvgIpc) is 3.22. The number of nitrogens with one attached hydrogen (secondary N) is 2. The predicted octanol–water partition coefficient (Wildman–Crippen LogP) is 3.54. The molecule has 1 aromatic carbocycles. The molecule has 0 aliphatic carbocycles. The number of halogens is 1. The quantitative estimate of drug-likeness (QED) is 0.639. The van der Waals surface area contributed by atoms with E-state index in [4.69, 9.17) is 4.98 Å². The number of carbonyl (C=O) groups is 1. The highest BCUT2D eigenvalue weighted by Crippen LogP contribution is 2.42. The van der Waals surface area contributed by atoms with E-state index in [1.165, 1.54) is 36.4 Å². The van der Waals surface area contributed by atoms with Crippen molar-refractivity contribution >= 4 is 6.09 Å². The zero-order valence-electron chi connectivity index (χ0n) is 18.6. The van der Waals surface area contributed by atoms with Crippen LogP contribution in [0.25, 0.3) is 0 Å². The van der Waals surface area contributed by atoms with Crippen LogP contribution in [-0.2, 0) is 13.0 Å². The van der Waals surface area contributed by atoms with Crippen LogP contribution in [0.15, 0.2) is 24.3 Å². The zero-order chi connectivity index (χ0) is 22.2. The Balaban J connectivity index is 1.28. The Morgan fingerprint density at radius 2 is 2.09 bits per heavy atom. The first kappa shape index (κ1) is 21.4. The van der Waals surface area contributed by atoms with Crippen LogP contribution in [0.3, 0.4) is 0 Å². The molecular formula is C24H32FN5O2. The van der Waals surface area contributed by atoms with Crippen LogP contribution < -0.4 is 10.6 Å². The molecule has 3 N–H and O–H groups in total. The monoisotopic (exact) mass is 441 g/mol. The molecule has 4 atom stereocenters. The van der Waals surface area contributed by atoms with Gasteiger partial charge in [0.25, 0.3) is 0 Å². The molecule has 2 aromatic rings. The van der Waals surface area contributed by atoms with Gasteiger partial charge in [0.2, 0.25) is 0 Å². The van der Waals surface area contributed by atoms with Crippen LogP contribution in [0, 0.1) is 12.7 Å². The SMILES string of the molecule is Cc1nc2c(n1C1C[C@H]3CC[C@@H](C1)N3CC[C@H](NC(=O)O)c1cccc(F)c1)CCNC2. The maximum absolute atomic E-state index is 13.7. The van der Waals surface area contributed by atoms with E-state index in [-0.39, 0.29) is 5.82 Å². The minimum absolute atomic E-state index is 0.338. The van der Waals surface area contributed by atoms with E-state index in [0.29, 0.717) is 30.1 Å². The minimum Gasteiger partial charge on any atom is -0.465 e. The summed E-state index contributed by atoms with van der Waals surface area (Å²) >= 11 is 0. The number of piperidine rings is 1. The largest absolute Gasteiger partial charge is 0.465 e. The van der Waals surface area contributed by atoms with Crippen molar-refractivity contribution in [2.24, 2.45) is 0 Å². The van der Waals surface area contributed by atoms with E-state index < -0.39 is 12.1 Å². The van der Waals surface area contributed by atoms with E-state index >= 15 is 0 Å². The molecule has 0 saturated carbocycles. The molecule has 1 aromatic heterocycles. The number of fused-ring (bicyclic) bond motifs is 3. The van der Waals surface area contributed by atoms with Crippen molar-refractivity contribution in [2.45, 2.75) is 76.2 Å². The summed E-state index contributed by atoms with van der Waals surface area (Å²) in [6, 6.07) is 7.36. The lowest BCUT2D eigenvalue weighted by atomic mass is 9.95. The van der Waals surface area contributed by atoms with Crippen LogP contribution >= 0.6 is 0 Å². The summed E-state index contributed by atoms with van der Waals surface area (Å²) < 4.78 is 16.2. The number of amides is 1. The molecule has 32 heavy (non-hydrogen) atoms. The maximum Gasteiger partial charge on any atom is 0.405 e. The Bertz CT molecular complexity index is 979. The van der Waals surface area contributed by atoms with Crippen LogP contribution in [0.2, 0.25) is 0 Å². The van der Waals surface area contributed by atoms with Crippen LogP contribution in [0.4, 0.5) is 9.18 Å². The van der Waals surface area contributed by atoms with Crippen molar-refractivity contribution in [1.29, 1.82) is 0 Å². The summed E-state index contributed by atoms with van der Waals surface area (Å²) in [5.74, 6) is 0.795. The maximum atomic E-state index is 13.7. The number of hydrogen-bond donors (Lipinski definition) is 3. The van der Waals surface area contributed by atoms with Crippen LogP contribution in [0.5, 0.6) is 0 Å². The third kappa shape index (κ3) is 4.13. The highest BCUT2D eigenvalue weighted by atomic mass is 19.1. The third-order valence-corrected chi connectivity index (χ3v) is 7.55. The summed E-state index contributed by atoms with van der Waals surface area (Å²) in [7, 11) is 0. The van der Waals surface area contributed by atoms with Gasteiger partial charge in [0.15, 0.2) is 0 Å². The zero-order valence-corrected chi connectivity index (χ0v) is 18.6. The smallest absolute Gasteiger partial charge is 0.405 e. The number of benzene rings is 1. The Hall–Kier alpha value is -2.45. The fourth-order valence-corrected chi connectivity index (χ4v) is 6.25. The van der Waals surface area contributed by atoms with Crippen molar-refractivity contribution in [2.75, 3.05) is 13.1 Å². The van der Waals surface area contributed by atoms with Gasteiger partial charge in [-0.3, -0.25) is 4.90 Å². The highest BCUT2D eigenvalue weighted by Gasteiger charge is 2.42. The summed E-state index contributed by atoms with van der Waals surface area (Å²) in [6.07, 6.45) is 5.22. The van der Waals surface area contributed by atoms with Gasteiger partial charge < -0.3 is 20.3 Å². The lowest BCUT2D eigenvalue weighted by Crippen LogP contribution is -2.45. The van der Waals surface area contributed by atoms with Crippen molar-refractivity contribution in [1.82, 2.24) is 25.1 Å². The number of hydrogen-bond acceptors (Lipinski definition) is 4. The van der Waals surface area contributed by atoms with E-state index in [2.05, 4.69) is 27.0 Å². The highest BCUT2D eigenvalue weighted by molar-refractivity contribution is 5.65.